The van der Waals surface area contributed by atoms with Crippen LogP contribution in [0.1, 0.15) is 38.7 Å². The molecule has 1 aliphatic rings. The van der Waals surface area contributed by atoms with Gasteiger partial charge in [-0.1, -0.05) is 50.6 Å². The van der Waals surface area contributed by atoms with Crippen LogP contribution < -0.4 is 5.32 Å². The molecule has 1 fully saturated rings. The Labute approximate surface area is 129 Å². The fraction of sp³-hybridized carbons (Fsp3) is 0.667. The van der Waals surface area contributed by atoms with Crippen LogP contribution in [0.5, 0.6) is 0 Å². The monoisotopic (exact) mass is 290 g/mol. The van der Waals surface area contributed by atoms with E-state index in [1.165, 1.54) is 24.8 Å². The van der Waals surface area contributed by atoms with Gasteiger partial charge in [-0.05, 0) is 44.0 Å². The van der Waals surface area contributed by atoms with Crippen LogP contribution in [0, 0.1) is 5.41 Å². The van der Waals surface area contributed by atoms with Gasteiger partial charge in [0.05, 0.1) is 12.1 Å². The van der Waals surface area contributed by atoms with E-state index in [2.05, 4.69) is 36.2 Å². The number of aliphatic hydroxyl groups is 1. The molecule has 1 heterocycles. The van der Waals surface area contributed by atoms with Gasteiger partial charge >= 0.3 is 0 Å². The van der Waals surface area contributed by atoms with E-state index >= 15 is 0 Å². The molecule has 2 N–H and O–H groups in total. The third-order valence-corrected chi connectivity index (χ3v) is 5.49. The van der Waals surface area contributed by atoms with Crippen molar-refractivity contribution in [2.45, 2.75) is 38.6 Å². The summed E-state index contributed by atoms with van der Waals surface area (Å²) in [5, 5.41) is 13.4. The van der Waals surface area contributed by atoms with Gasteiger partial charge in [-0.25, -0.2) is 0 Å². The van der Waals surface area contributed by atoms with Crippen LogP contribution in [0.15, 0.2) is 30.3 Å². The molecule has 1 atom stereocenters. The highest BCUT2D eigenvalue weighted by molar-refractivity contribution is 5.25. The van der Waals surface area contributed by atoms with Gasteiger partial charge in [0.15, 0.2) is 0 Å². The molecular formula is C18H30N2O. The fourth-order valence-corrected chi connectivity index (χ4v) is 3.28. The van der Waals surface area contributed by atoms with Gasteiger partial charge in [0, 0.05) is 6.54 Å². The zero-order valence-electron chi connectivity index (χ0n) is 13.7. The van der Waals surface area contributed by atoms with Crippen molar-refractivity contribution in [1.82, 2.24) is 10.2 Å². The molecule has 0 aliphatic carbocycles. The van der Waals surface area contributed by atoms with E-state index < -0.39 is 0 Å². The molecule has 1 unspecified atom stereocenters. The van der Waals surface area contributed by atoms with E-state index in [9.17, 15) is 5.11 Å². The maximum absolute atomic E-state index is 10.0. The van der Waals surface area contributed by atoms with Gasteiger partial charge in [-0.3, -0.25) is 0 Å². The Morgan fingerprint density at radius 3 is 2.33 bits per heavy atom. The second kappa shape index (κ2) is 6.91. The lowest BCUT2D eigenvalue weighted by Crippen LogP contribution is -2.54. The van der Waals surface area contributed by atoms with Crippen LogP contribution in [0.4, 0.5) is 0 Å². The summed E-state index contributed by atoms with van der Waals surface area (Å²) in [5.41, 5.74) is 1.31. The predicted octanol–water partition coefficient (Wildman–Crippen LogP) is 2.61. The van der Waals surface area contributed by atoms with Crippen molar-refractivity contribution < 1.29 is 5.11 Å². The Morgan fingerprint density at radius 2 is 1.86 bits per heavy atom. The molecule has 0 saturated carbocycles. The van der Waals surface area contributed by atoms with Gasteiger partial charge < -0.3 is 15.3 Å². The molecule has 3 nitrogen and oxygen atoms in total. The average Bonchev–Trinajstić information content (AvgIpc) is 2.55. The van der Waals surface area contributed by atoms with E-state index in [1.54, 1.807) is 0 Å². The molecule has 0 spiro atoms. The van der Waals surface area contributed by atoms with Crippen molar-refractivity contribution in [3.63, 3.8) is 0 Å². The Hall–Kier alpha value is -0.900. The van der Waals surface area contributed by atoms with Gasteiger partial charge in [0.25, 0.3) is 0 Å². The number of hydrogen-bond donors (Lipinski definition) is 2. The van der Waals surface area contributed by atoms with E-state index in [0.717, 1.165) is 19.6 Å². The normalized spacial score (nSPS) is 21.9. The highest BCUT2D eigenvalue weighted by Gasteiger charge is 2.35. The number of rotatable bonds is 6. The molecule has 0 bridgehead atoms. The summed E-state index contributed by atoms with van der Waals surface area (Å²) in [4.78, 5) is 2.50. The zero-order chi connectivity index (χ0) is 15.3. The third kappa shape index (κ3) is 3.65. The minimum absolute atomic E-state index is 0.120. The molecule has 21 heavy (non-hydrogen) atoms. The first kappa shape index (κ1) is 16.5. The Balaban J connectivity index is 2.08. The van der Waals surface area contributed by atoms with Crippen molar-refractivity contribution in [3.8, 4) is 0 Å². The maximum atomic E-state index is 10.0. The summed E-state index contributed by atoms with van der Waals surface area (Å²) in [5.74, 6) is 0. The summed E-state index contributed by atoms with van der Waals surface area (Å²) < 4.78 is 0. The van der Waals surface area contributed by atoms with Crippen molar-refractivity contribution in [2.24, 2.45) is 5.41 Å². The fourth-order valence-electron chi connectivity index (χ4n) is 3.28. The molecule has 118 valence electrons. The number of nitrogens with zero attached hydrogens (tertiary/aromatic N) is 1. The molecule has 1 aliphatic heterocycles. The standard InChI is InChI=1S/C18H30N2O/c1-4-17(2)10-12-20(13-11-17)14-18(15-21,19-3)16-8-6-5-7-9-16/h5-9,19,21H,4,10-15H2,1-3H3. The van der Waals surface area contributed by atoms with E-state index in [4.69, 9.17) is 0 Å². The first-order valence-electron chi connectivity index (χ1n) is 8.15. The lowest BCUT2D eigenvalue weighted by atomic mass is 9.77. The Kier molecular flexibility index (Phi) is 5.42. The molecule has 1 saturated heterocycles. The van der Waals surface area contributed by atoms with Crippen LogP contribution in [-0.4, -0.2) is 43.3 Å². The van der Waals surface area contributed by atoms with E-state index in [0.29, 0.717) is 5.41 Å². The topological polar surface area (TPSA) is 35.5 Å². The molecule has 3 heteroatoms. The summed E-state index contributed by atoms with van der Waals surface area (Å²) >= 11 is 0. The number of hydrogen-bond acceptors (Lipinski definition) is 3. The summed E-state index contributed by atoms with van der Waals surface area (Å²) in [7, 11) is 1.95. The molecule has 1 aromatic carbocycles. The van der Waals surface area contributed by atoms with Crippen LogP contribution >= 0.6 is 0 Å². The molecule has 0 amide bonds. The Bertz CT molecular complexity index is 420. The van der Waals surface area contributed by atoms with Crippen LogP contribution in [0.2, 0.25) is 0 Å². The van der Waals surface area contributed by atoms with Crippen LogP contribution in [-0.2, 0) is 5.54 Å². The highest BCUT2D eigenvalue weighted by atomic mass is 16.3. The van der Waals surface area contributed by atoms with E-state index in [1.807, 2.05) is 25.2 Å². The number of likely N-dealkylation sites (N-methyl/N-ethyl adjacent to an activating group) is 1. The minimum Gasteiger partial charge on any atom is -0.394 e. The largest absolute Gasteiger partial charge is 0.394 e. The average molecular weight is 290 g/mol. The maximum Gasteiger partial charge on any atom is 0.0795 e. The number of nitrogens with one attached hydrogen (secondary N) is 1. The number of benzene rings is 1. The number of piperidine rings is 1. The number of aliphatic hydroxyl groups excluding tert-OH is 1. The number of likely N-dealkylation sites (tertiary alicyclic amines) is 1. The predicted molar refractivity (Wildman–Crippen MR) is 88.3 cm³/mol. The zero-order valence-corrected chi connectivity index (χ0v) is 13.7. The van der Waals surface area contributed by atoms with Crippen molar-refractivity contribution >= 4 is 0 Å². The molecule has 0 aromatic heterocycles. The lowest BCUT2D eigenvalue weighted by Gasteiger charge is -2.43. The van der Waals surface area contributed by atoms with Crippen molar-refractivity contribution in [1.29, 1.82) is 0 Å². The second-order valence-corrected chi connectivity index (χ2v) is 6.80. The van der Waals surface area contributed by atoms with Crippen molar-refractivity contribution in [2.75, 3.05) is 33.3 Å². The third-order valence-electron chi connectivity index (χ3n) is 5.49. The SMILES string of the molecule is CCC1(C)CCN(CC(CO)(NC)c2ccccc2)CC1. The molecule has 2 rings (SSSR count). The molecule has 1 aromatic rings. The van der Waals surface area contributed by atoms with Crippen LogP contribution in [0.3, 0.4) is 0 Å². The first-order chi connectivity index (χ1) is 10.1. The summed E-state index contributed by atoms with van der Waals surface area (Å²) in [6.45, 7) is 7.93. The second-order valence-electron chi connectivity index (χ2n) is 6.80. The van der Waals surface area contributed by atoms with Gasteiger partial charge in [0.1, 0.15) is 0 Å². The van der Waals surface area contributed by atoms with Crippen LogP contribution in [0.25, 0.3) is 0 Å². The summed E-state index contributed by atoms with van der Waals surface area (Å²) in [6.07, 6.45) is 3.77. The van der Waals surface area contributed by atoms with Crippen molar-refractivity contribution in [3.05, 3.63) is 35.9 Å². The lowest BCUT2D eigenvalue weighted by molar-refractivity contribution is 0.0635. The smallest absolute Gasteiger partial charge is 0.0795 e. The summed E-state index contributed by atoms with van der Waals surface area (Å²) in [6, 6.07) is 10.3. The molecular weight excluding hydrogens is 260 g/mol. The van der Waals surface area contributed by atoms with E-state index in [-0.39, 0.29) is 12.1 Å². The van der Waals surface area contributed by atoms with Gasteiger partial charge in [-0.15, -0.1) is 0 Å². The minimum atomic E-state index is -0.360. The quantitative estimate of drug-likeness (QED) is 0.845. The highest BCUT2D eigenvalue weighted by Crippen LogP contribution is 2.35. The van der Waals surface area contributed by atoms with Gasteiger partial charge in [-0.2, -0.15) is 0 Å². The first-order valence-corrected chi connectivity index (χ1v) is 8.15. The van der Waals surface area contributed by atoms with Gasteiger partial charge in [0.2, 0.25) is 0 Å². The Morgan fingerprint density at radius 1 is 1.24 bits per heavy atom. The molecule has 0 radical (unpaired) electrons.